The Balaban J connectivity index is 2.23. The Bertz CT molecular complexity index is 736. The van der Waals surface area contributed by atoms with Gasteiger partial charge in [0.25, 0.3) is 0 Å². The summed E-state index contributed by atoms with van der Waals surface area (Å²) in [7, 11) is 0. The summed E-state index contributed by atoms with van der Waals surface area (Å²) >= 11 is 0. The third-order valence-electron chi connectivity index (χ3n) is 3.94. The molecule has 2 unspecified atom stereocenters. The number of hydrogen-bond acceptors (Lipinski definition) is 2. The fourth-order valence-corrected chi connectivity index (χ4v) is 2.56. The normalized spacial score (nSPS) is 21.2. The maximum Gasteiger partial charge on any atom is 0.416 e. The van der Waals surface area contributed by atoms with E-state index in [0.717, 1.165) is 0 Å². The highest BCUT2D eigenvalue weighted by Crippen LogP contribution is 2.38. The molecule has 1 aromatic carbocycles. The summed E-state index contributed by atoms with van der Waals surface area (Å²) in [6.45, 7) is 0. The van der Waals surface area contributed by atoms with Crippen molar-refractivity contribution in [1.29, 1.82) is 0 Å². The lowest BCUT2D eigenvalue weighted by atomic mass is 9.92. The zero-order valence-electron chi connectivity index (χ0n) is 13.5. The third-order valence-corrected chi connectivity index (χ3v) is 3.94. The molecular weight excluding hydrogens is 411 g/mol. The topological polar surface area (TPSA) is 58.2 Å². The first-order chi connectivity index (χ1) is 12.6. The van der Waals surface area contributed by atoms with E-state index in [1.165, 1.54) is 0 Å². The van der Waals surface area contributed by atoms with Gasteiger partial charge in [-0.05, 0) is 31.0 Å². The number of anilines is 1. The van der Waals surface area contributed by atoms with E-state index >= 15 is 0 Å². The van der Waals surface area contributed by atoms with Gasteiger partial charge in [-0.3, -0.25) is 9.59 Å². The average Bonchev–Trinajstić information content (AvgIpc) is 2.51. The third kappa shape index (κ3) is 5.07. The maximum absolute atomic E-state index is 12.8. The van der Waals surface area contributed by atoms with Crippen LogP contribution in [0.15, 0.2) is 18.2 Å². The molecule has 1 saturated heterocycles. The number of benzene rings is 1. The molecule has 2 N–H and O–H groups in total. The maximum atomic E-state index is 12.8. The van der Waals surface area contributed by atoms with Crippen LogP contribution >= 0.6 is 0 Å². The number of halogens is 9. The highest BCUT2D eigenvalue weighted by atomic mass is 19.4. The number of carbonyl (C=O) groups is 2. The number of rotatable bonds is 2. The first-order valence-corrected chi connectivity index (χ1v) is 7.56. The van der Waals surface area contributed by atoms with Crippen molar-refractivity contribution in [3.8, 4) is 0 Å². The number of piperidine rings is 1. The summed E-state index contributed by atoms with van der Waals surface area (Å²) in [4.78, 5) is 23.7. The molecule has 2 amide bonds. The fraction of sp³-hybridized carbons (Fsp3) is 0.467. The van der Waals surface area contributed by atoms with E-state index in [4.69, 9.17) is 0 Å². The molecule has 0 bridgehead atoms. The Morgan fingerprint density at radius 1 is 0.893 bits per heavy atom. The molecule has 0 aromatic heterocycles. The predicted octanol–water partition coefficient (Wildman–Crippen LogP) is 4.12. The lowest BCUT2D eigenvalue weighted by Crippen LogP contribution is -2.53. The van der Waals surface area contributed by atoms with Gasteiger partial charge in [0, 0.05) is 5.69 Å². The van der Waals surface area contributed by atoms with Crippen molar-refractivity contribution >= 4 is 17.5 Å². The molecule has 2 atom stereocenters. The standard InChI is InChI=1S/C15H11F9N2O2/c16-13(17,18)6-3-7(14(19,20)21)5-8(4-6)25-11(27)9-1-2-10(15(22,23)24)26-12(9)28/h3-5,9-10H,1-2H2,(H,25,27)(H,26,28). The molecule has 1 aliphatic rings. The van der Waals surface area contributed by atoms with Crippen LogP contribution in [0.1, 0.15) is 24.0 Å². The number of carbonyl (C=O) groups excluding carboxylic acids is 2. The second-order valence-corrected chi connectivity index (χ2v) is 6.02. The molecule has 1 heterocycles. The van der Waals surface area contributed by atoms with Crippen molar-refractivity contribution in [3.05, 3.63) is 29.3 Å². The second-order valence-electron chi connectivity index (χ2n) is 6.02. The number of amides is 2. The lowest BCUT2D eigenvalue weighted by Gasteiger charge is -2.29. The van der Waals surface area contributed by atoms with Gasteiger partial charge in [0.1, 0.15) is 12.0 Å². The Kier molecular flexibility index (Phi) is 5.59. The molecule has 0 radical (unpaired) electrons. The summed E-state index contributed by atoms with van der Waals surface area (Å²) in [5.74, 6) is -4.33. The molecule has 0 spiro atoms. The first kappa shape index (κ1) is 21.8. The molecule has 4 nitrogen and oxygen atoms in total. The molecule has 0 saturated carbocycles. The summed E-state index contributed by atoms with van der Waals surface area (Å²) in [5.41, 5.74) is -4.27. The lowest BCUT2D eigenvalue weighted by molar-refractivity contribution is -0.170. The summed E-state index contributed by atoms with van der Waals surface area (Å²) < 4.78 is 114. The monoisotopic (exact) mass is 422 g/mol. The van der Waals surface area contributed by atoms with Gasteiger partial charge in [0.05, 0.1) is 11.1 Å². The van der Waals surface area contributed by atoms with Crippen LogP contribution in [0.25, 0.3) is 0 Å². The van der Waals surface area contributed by atoms with Crippen molar-refractivity contribution in [2.24, 2.45) is 5.92 Å². The number of nitrogens with one attached hydrogen (secondary N) is 2. The van der Waals surface area contributed by atoms with Gasteiger partial charge in [-0.2, -0.15) is 39.5 Å². The molecular formula is C15H11F9N2O2. The Morgan fingerprint density at radius 2 is 1.39 bits per heavy atom. The van der Waals surface area contributed by atoms with Gasteiger partial charge in [0.2, 0.25) is 11.8 Å². The first-order valence-electron chi connectivity index (χ1n) is 7.56. The zero-order valence-corrected chi connectivity index (χ0v) is 13.5. The minimum Gasteiger partial charge on any atom is -0.344 e. The highest BCUT2D eigenvalue weighted by molar-refractivity contribution is 6.07. The Labute approximate surface area is 151 Å². The van der Waals surface area contributed by atoms with Crippen molar-refractivity contribution in [2.45, 2.75) is 37.4 Å². The molecule has 0 aliphatic carbocycles. The van der Waals surface area contributed by atoms with Crippen LogP contribution < -0.4 is 10.6 Å². The van der Waals surface area contributed by atoms with Gasteiger partial charge in [0.15, 0.2) is 0 Å². The van der Waals surface area contributed by atoms with E-state index in [0.29, 0.717) is 0 Å². The minimum absolute atomic E-state index is 0.156. The van der Waals surface area contributed by atoms with Crippen LogP contribution in [0, 0.1) is 5.92 Å². The van der Waals surface area contributed by atoms with E-state index in [1.54, 1.807) is 10.6 Å². The zero-order chi connectivity index (χ0) is 21.5. The minimum atomic E-state index is -5.15. The van der Waals surface area contributed by atoms with Gasteiger partial charge in [-0.1, -0.05) is 0 Å². The highest BCUT2D eigenvalue weighted by Gasteiger charge is 2.46. The van der Waals surface area contributed by atoms with Crippen LogP contribution in [0.3, 0.4) is 0 Å². The van der Waals surface area contributed by atoms with Crippen molar-refractivity contribution in [1.82, 2.24) is 5.32 Å². The number of alkyl halides is 9. The molecule has 156 valence electrons. The van der Waals surface area contributed by atoms with Crippen molar-refractivity contribution in [3.63, 3.8) is 0 Å². The van der Waals surface area contributed by atoms with Crippen LogP contribution in [-0.2, 0) is 21.9 Å². The summed E-state index contributed by atoms with van der Waals surface area (Å²) in [6, 6.07) is -1.88. The smallest absolute Gasteiger partial charge is 0.344 e. The second kappa shape index (κ2) is 7.17. The van der Waals surface area contributed by atoms with Gasteiger partial charge in [-0.25, -0.2) is 0 Å². The van der Waals surface area contributed by atoms with E-state index < -0.39 is 72.0 Å². The number of hydrogen-bond donors (Lipinski definition) is 2. The molecule has 28 heavy (non-hydrogen) atoms. The van der Waals surface area contributed by atoms with Crippen LogP contribution in [0.5, 0.6) is 0 Å². The van der Waals surface area contributed by atoms with E-state index in [1.807, 2.05) is 0 Å². The summed E-state index contributed by atoms with van der Waals surface area (Å²) in [5, 5.41) is 3.30. The Hall–Kier alpha value is -2.47. The van der Waals surface area contributed by atoms with Gasteiger partial charge >= 0.3 is 18.5 Å². The van der Waals surface area contributed by atoms with Gasteiger partial charge in [-0.15, -0.1) is 0 Å². The Morgan fingerprint density at radius 3 is 1.79 bits per heavy atom. The van der Waals surface area contributed by atoms with Crippen LogP contribution in [-0.4, -0.2) is 24.0 Å². The molecule has 1 aromatic rings. The average molecular weight is 422 g/mol. The van der Waals surface area contributed by atoms with Crippen molar-refractivity contribution < 1.29 is 49.1 Å². The molecule has 1 aliphatic heterocycles. The summed E-state index contributed by atoms with van der Waals surface area (Å²) in [6.07, 6.45) is -16.3. The van der Waals surface area contributed by atoms with Crippen LogP contribution in [0.2, 0.25) is 0 Å². The van der Waals surface area contributed by atoms with E-state index in [9.17, 15) is 49.1 Å². The van der Waals surface area contributed by atoms with E-state index in [2.05, 4.69) is 0 Å². The van der Waals surface area contributed by atoms with Crippen molar-refractivity contribution in [2.75, 3.05) is 5.32 Å². The van der Waals surface area contributed by atoms with Crippen LogP contribution in [0.4, 0.5) is 45.2 Å². The largest absolute Gasteiger partial charge is 0.416 e. The molecule has 2 rings (SSSR count). The van der Waals surface area contributed by atoms with E-state index in [-0.39, 0.29) is 18.2 Å². The van der Waals surface area contributed by atoms with Gasteiger partial charge < -0.3 is 10.6 Å². The SMILES string of the molecule is O=C(Nc1cc(C(F)(F)F)cc(C(F)(F)F)c1)C1CCC(C(F)(F)F)NC1=O. The molecule has 1 fully saturated rings. The molecule has 13 heteroatoms. The fourth-order valence-electron chi connectivity index (χ4n) is 2.56. The quantitative estimate of drug-likeness (QED) is 0.557. The predicted molar refractivity (Wildman–Crippen MR) is 75.8 cm³/mol.